The van der Waals surface area contributed by atoms with E-state index < -0.39 is 16.3 Å². The highest BCUT2D eigenvalue weighted by Crippen LogP contribution is 2.19. The molecule has 1 fully saturated rings. The Bertz CT molecular complexity index is 682. The van der Waals surface area contributed by atoms with Gasteiger partial charge in [-0.3, -0.25) is 4.79 Å². The Morgan fingerprint density at radius 2 is 1.84 bits per heavy atom. The second-order valence-corrected chi connectivity index (χ2v) is 8.17. The quantitative estimate of drug-likeness (QED) is 0.761. The molecule has 1 aromatic rings. The van der Waals surface area contributed by atoms with Crippen LogP contribution < -0.4 is 9.46 Å². The fourth-order valence-corrected chi connectivity index (χ4v) is 3.44. The number of carbonyl (C=O) groups is 1. The van der Waals surface area contributed by atoms with Gasteiger partial charge in [0.25, 0.3) is 16.1 Å². The molecule has 1 heterocycles. The minimum Gasteiger partial charge on any atom is -0.508 e. The molecular formula is C16H25N3O5S. The predicted octanol–water partition coefficient (Wildman–Crippen LogP) is 0.546. The predicted molar refractivity (Wildman–Crippen MR) is 93.5 cm³/mol. The average molecular weight is 371 g/mol. The van der Waals surface area contributed by atoms with E-state index in [0.29, 0.717) is 31.7 Å². The van der Waals surface area contributed by atoms with Crippen molar-refractivity contribution in [2.45, 2.75) is 31.9 Å². The molecule has 0 aromatic heterocycles. The van der Waals surface area contributed by atoms with Crippen LogP contribution in [0.3, 0.4) is 0 Å². The van der Waals surface area contributed by atoms with Gasteiger partial charge in [-0.15, -0.1) is 0 Å². The van der Waals surface area contributed by atoms with Crippen LogP contribution in [-0.2, 0) is 15.0 Å². The van der Waals surface area contributed by atoms with Gasteiger partial charge >= 0.3 is 0 Å². The molecule has 0 aliphatic carbocycles. The van der Waals surface area contributed by atoms with Crippen LogP contribution in [0.1, 0.15) is 19.8 Å². The third-order valence-electron chi connectivity index (χ3n) is 4.10. The molecular weight excluding hydrogens is 346 g/mol. The first kappa shape index (κ1) is 19.5. The van der Waals surface area contributed by atoms with E-state index in [1.54, 1.807) is 24.0 Å². The number of aromatic hydroxyl groups is 1. The molecule has 25 heavy (non-hydrogen) atoms. The van der Waals surface area contributed by atoms with Gasteiger partial charge in [-0.25, -0.2) is 0 Å². The van der Waals surface area contributed by atoms with Crippen molar-refractivity contribution in [2.24, 2.45) is 0 Å². The smallest absolute Gasteiger partial charge is 0.279 e. The van der Waals surface area contributed by atoms with Crippen LogP contribution in [-0.4, -0.2) is 68.0 Å². The summed E-state index contributed by atoms with van der Waals surface area (Å²) in [6.45, 7) is 2.63. The SMILES string of the molecule is CC(Oc1ccc(O)cc1)C(=O)N1CCC(NS(=O)(=O)N(C)C)CC1. The summed E-state index contributed by atoms with van der Waals surface area (Å²) < 4.78 is 33.1. The van der Waals surface area contributed by atoms with Crippen molar-refractivity contribution in [1.29, 1.82) is 0 Å². The molecule has 1 saturated heterocycles. The van der Waals surface area contributed by atoms with E-state index in [-0.39, 0.29) is 17.7 Å². The van der Waals surface area contributed by atoms with Gasteiger partial charge in [0, 0.05) is 33.2 Å². The Morgan fingerprint density at radius 1 is 1.28 bits per heavy atom. The van der Waals surface area contributed by atoms with Crippen LogP contribution >= 0.6 is 0 Å². The van der Waals surface area contributed by atoms with Crippen LogP contribution in [0.4, 0.5) is 0 Å². The first-order chi connectivity index (χ1) is 11.7. The van der Waals surface area contributed by atoms with Gasteiger partial charge in [0.1, 0.15) is 11.5 Å². The highest BCUT2D eigenvalue weighted by Gasteiger charge is 2.29. The molecule has 0 bridgehead atoms. The number of hydrogen-bond donors (Lipinski definition) is 2. The number of ether oxygens (including phenoxy) is 1. The highest BCUT2D eigenvalue weighted by atomic mass is 32.2. The van der Waals surface area contributed by atoms with E-state index in [9.17, 15) is 18.3 Å². The third-order valence-corrected chi connectivity index (χ3v) is 5.69. The lowest BCUT2D eigenvalue weighted by Crippen LogP contribution is -2.51. The number of phenols is 1. The van der Waals surface area contributed by atoms with Crippen LogP contribution in [0.5, 0.6) is 11.5 Å². The summed E-state index contributed by atoms with van der Waals surface area (Å²) in [5.74, 6) is 0.503. The van der Waals surface area contributed by atoms with Crippen LogP contribution in [0.15, 0.2) is 24.3 Å². The molecule has 8 nitrogen and oxygen atoms in total. The Morgan fingerprint density at radius 3 is 2.36 bits per heavy atom. The first-order valence-corrected chi connectivity index (χ1v) is 9.57. The van der Waals surface area contributed by atoms with Crippen molar-refractivity contribution in [3.8, 4) is 11.5 Å². The molecule has 1 aromatic carbocycles. The highest BCUT2D eigenvalue weighted by molar-refractivity contribution is 7.87. The minimum absolute atomic E-state index is 0.133. The van der Waals surface area contributed by atoms with Crippen molar-refractivity contribution in [2.75, 3.05) is 27.2 Å². The van der Waals surface area contributed by atoms with E-state index in [4.69, 9.17) is 4.74 Å². The number of nitrogens with zero attached hydrogens (tertiary/aromatic N) is 2. The van der Waals surface area contributed by atoms with E-state index >= 15 is 0 Å². The normalized spacial score (nSPS) is 17.5. The lowest BCUT2D eigenvalue weighted by Gasteiger charge is -2.34. The minimum atomic E-state index is -3.46. The summed E-state index contributed by atoms with van der Waals surface area (Å²) in [7, 11) is -0.510. The topological polar surface area (TPSA) is 99.2 Å². The molecule has 1 atom stereocenters. The van der Waals surface area contributed by atoms with Crippen molar-refractivity contribution in [3.63, 3.8) is 0 Å². The van der Waals surface area contributed by atoms with Crippen LogP contribution in [0.2, 0.25) is 0 Å². The molecule has 9 heteroatoms. The zero-order valence-electron chi connectivity index (χ0n) is 14.7. The number of phenolic OH excluding ortho intramolecular Hbond substituents is 1. The summed E-state index contributed by atoms with van der Waals surface area (Å²) in [6.07, 6.45) is 0.467. The van der Waals surface area contributed by atoms with Crippen LogP contribution in [0, 0.1) is 0 Å². The van der Waals surface area contributed by atoms with Gasteiger partial charge in [0.2, 0.25) is 0 Å². The Balaban J connectivity index is 1.85. The molecule has 1 amide bonds. The number of carbonyl (C=O) groups excluding carboxylic acids is 1. The molecule has 1 unspecified atom stereocenters. The summed E-state index contributed by atoms with van der Waals surface area (Å²) >= 11 is 0. The maximum Gasteiger partial charge on any atom is 0.279 e. The van der Waals surface area contributed by atoms with Crippen LogP contribution in [0.25, 0.3) is 0 Å². The molecule has 2 rings (SSSR count). The van der Waals surface area contributed by atoms with Gasteiger partial charge in [0.05, 0.1) is 0 Å². The molecule has 140 valence electrons. The molecule has 1 aliphatic heterocycles. The summed E-state index contributed by atoms with van der Waals surface area (Å²) in [6, 6.07) is 6.01. The number of nitrogens with one attached hydrogen (secondary N) is 1. The molecule has 0 radical (unpaired) electrons. The maximum absolute atomic E-state index is 12.5. The number of hydrogen-bond acceptors (Lipinski definition) is 5. The molecule has 2 N–H and O–H groups in total. The largest absolute Gasteiger partial charge is 0.508 e. The van der Waals surface area contributed by atoms with Gasteiger partial charge in [0.15, 0.2) is 6.10 Å². The molecule has 1 aliphatic rings. The van der Waals surface area contributed by atoms with Crippen molar-refractivity contribution in [1.82, 2.24) is 13.9 Å². The fraction of sp³-hybridized carbons (Fsp3) is 0.562. The van der Waals surface area contributed by atoms with E-state index in [0.717, 1.165) is 4.31 Å². The average Bonchev–Trinajstić information content (AvgIpc) is 2.56. The number of amides is 1. The van der Waals surface area contributed by atoms with Gasteiger partial charge in [-0.05, 0) is 44.0 Å². The zero-order chi connectivity index (χ0) is 18.6. The lowest BCUT2D eigenvalue weighted by atomic mass is 10.1. The monoisotopic (exact) mass is 371 g/mol. The Kier molecular flexibility index (Phi) is 6.26. The zero-order valence-corrected chi connectivity index (χ0v) is 15.5. The fourth-order valence-electron chi connectivity index (χ4n) is 2.57. The lowest BCUT2D eigenvalue weighted by molar-refractivity contribution is -0.139. The first-order valence-electron chi connectivity index (χ1n) is 8.13. The second kappa shape index (κ2) is 8.03. The van der Waals surface area contributed by atoms with Gasteiger partial charge < -0.3 is 14.7 Å². The van der Waals surface area contributed by atoms with E-state index in [1.165, 1.54) is 26.2 Å². The standard InChI is InChI=1S/C16H25N3O5S/c1-12(24-15-6-4-14(20)5-7-15)16(21)19-10-8-13(9-11-19)17-25(22,23)18(2)3/h4-7,12-13,17,20H,8-11H2,1-3H3. The third kappa shape index (κ3) is 5.32. The number of piperidine rings is 1. The summed E-state index contributed by atoms with van der Waals surface area (Å²) in [5.41, 5.74) is 0. The van der Waals surface area contributed by atoms with E-state index in [2.05, 4.69) is 4.72 Å². The maximum atomic E-state index is 12.5. The van der Waals surface area contributed by atoms with Crippen molar-refractivity contribution >= 4 is 16.1 Å². The number of likely N-dealkylation sites (tertiary alicyclic amines) is 1. The van der Waals surface area contributed by atoms with Gasteiger partial charge in [-0.2, -0.15) is 17.4 Å². The van der Waals surface area contributed by atoms with E-state index in [1.807, 2.05) is 0 Å². The molecule has 0 spiro atoms. The van der Waals surface area contributed by atoms with Crippen molar-refractivity contribution < 1.29 is 23.1 Å². The Labute approximate surface area is 148 Å². The number of benzene rings is 1. The Hall–Kier alpha value is -1.84. The van der Waals surface area contributed by atoms with Crippen molar-refractivity contribution in [3.05, 3.63) is 24.3 Å². The summed E-state index contributed by atoms with van der Waals surface area (Å²) in [4.78, 5) is 14.2. The van der Waals surface area contributed by atoms with Gasteiger partial charge in [-0.1, -0.05) is 0 Å². The second-order valence-electron chi connectivity index (χ2n) is 6.26. The number of rotatable bonds is 6. The summed E-state index contributed by atoms with van der Waals surface area (Å²) in [5, 5.41) is 9.26. The molecule has 0 saturated carbocycles.